The first-order chi connectivity index (χ1) is 8.20. The second-order valence-electron chi connectivity index (χ2n) is 5.73. The third kappa shape index (κ3) is 3.60. The molecule has 0 aromatic rings. The highest BCUT2D eigenvalue weighted by atomic mass is 16.2. The third-order valence-electron chi connectivity index (χ3n) is 4.57. The van der Waals surface area contributed by atoms with Crippen LogP contribution in [-0.2, 0) is 0 Å². The lowest BCUT2D eigenvalue weighted by Gasteiger charge is -2.37. The van der Waals surface area contributed by atoms with E-state index in [1.807, 2.05) is 0 Å². The van der Waals surface area contributed by atoms with E-state index in [0.717, 1.165) is 6.54 Å². The van der Waals surface area contributed by atoms with E-state index in [1.165, 1.54) is 51.4 Å². The monoisotopic (exact) mass is 239 g/mol. The minimum Gasteiger partial charge on any atom is -0.352 e. The SMILES string of the molecule is NC(=O)NCCNC1CCC2(CCCC2)CC1. The minimum atomic E-state index is -0.430. The summed E-state index contributed by atoms with van der Waals surface area (Å²) in [5, 5.41) is 6.12. The van der Waals surface area contributed by atoms with Crippen molar-refractivity contribution in [2.45, 2.75) is 57.4 Å². The van der Waals surface area contributed by atoms with Crippen LogP contribution in [-0.4, -0.2) is 25.2 Å². The van der Waals surface area contributed by atoms with Crippen LogP contribution in [0.25, 0.3) is 0 Å². The summed E-state index contributed by atoms with van der Waals surface area (Å²) in [4.78, 5) is 10.5. The number of carbonyl (C=O) groups is 1. The lowest BCUT2D eigenvalue weighted by Crippen LogP contribution is -2.41. The summed E-state index contributed by atoms with van der Waals surface area (Å²) in [5.74, 6) is 0. The van der Waals surface area contributed by atoms with Crippen LogP contribution >= 0.6 is 0 Å². The first kappa shape index (κ1) is 12.7. The Balaban J connectivity index is 1.60. The Morgan fingerprint density at radius 2 is 1.76 bits per heavy atom. The van der Waals surface area contributed by atoms with Crippen LogP contribution in [0.3, 0.4) is 0 Å². The molecule has 0 aliphatic heterocycles. The molecule has 0 unspecified atom stereocenters. The molecule has 0 radical (unpaired) electrons. The molecule has 98 valence electrons. The van der Waals surface area contributed by atoms with Crippen LogP contribution in [0.5, 0.6) is 0 Å². The fourth-order valence-electron chi connectivity index (χ4n) is 3.52. The van der Waals surface area contributed by atoms with E-state index in [0.29, 0.717) is 18.0 Å². The van der Waals surface area contributed by atoms with Gasteiger partial charge in [0.15, 0.2) is 0 Å². The van der Waals surface area contributed by atoms with E-state index < -0.39 is 6.03 Å². The van der Waals surface area contributed by atoms with E-state index in [2.05, 4.69) is 10.6 Å². The summed E-state index contributed by atoms with van der Waals surface area (Å²) in [7, 11) is 0. The number of urea groups is 1. The molecule has 0 heterocycles. The number of carbonyl (C=O) groups excluding carboxylic acids is 1. The fraction of sp³-hybridized carbons (Fsp3) is 0.923. The fourth-order valence-corrected chi connectivity index (χ4v) is 3.52. The molecule has 4 nitrogen and oxygen atoms in total. The van der Waals surface area contributed by atoms with E-state index in [9.17, 15) is 4.79 Å². The molecule has 0 aromatic carbocycles. The molecule has 1 spiro atoms. The van der Waals surface area contributed by atoms with Crippen molar-refractivity contribution in [3.63, 3.8) is 0 Å². The normalized spacial score (nSPS) is 24.0. The number of primary amides is 1. The Bertz CT molecular complexity index is 251. The lowest BCUT2D eigenvalue weighted by atomic mass is 9.71. The largest absolute Gasteiger partial charge is 0.352 e. The summed E-state index contributed by atoms with van der Waals surface area (Å²) < 4.78 is 0. The molecule has 2 fully saturated rings. The van der Waals surface area contributed by atoms with Crippen LogP contribution in [0.15, 0.2) is 0 Å². The Morgan fingerprint density at radius 3 is 2.35 bits per heavy atom. The van der Waals surface area contributed by atoms with Crippen LogP contribution in [0.2, 0.25) is 0 Å². The summed E-state index contributed by atoms with van der Waals surface area (Å²) in [5.41, 5.74) is 5.72. The van der Waals surface area contributed by atoms with Crippen molar-refractivity contribution in [2.75, 3.05) is 13.1 Å². The summed E-state index contributed by atoms with van der Waals surface area (Å²) in [6.07, 6.45) is 11.2. The van der Waals surface area contributed by atoms with E-state index in [-0.39, 0.29) is 0 Å². The van der Waals surface area contributed by atoms with Gasteiger partial charge in [0.2, 0.25) is 0 Å². The quantitative estimate of drug-likeness (QED) is 0.654. The molecule has 2 rings (SSSR count). The average Bonchev–Trinajstić information content (AvgIpc) is 2.75. The van der Waals surface area contributed by atoms with Crippen LogP contribution in [0.1, 0.15) is 51.4 Å². The minimum absolute atomic E-state index is 0.430. The Kier molecular flexibility index (Phi) is 4.26. The Labute approximate surface area is 104 Å². The maximum Gasteiger partial charge on any atom is 0.312 e. The van der Waals surface area contributed by atoms with Crippen LogP contribution in [0, 0.1) is 5.41 Å². The molecule has 4 heteroatoms. The molecule has 0 saturated heterocycles. The summed E-state index contributed by atoms with van der Waals surface area (Å²) >= 11 is 0. The molecule has 17 heavy (non-hydrogen) atoms. The van der Waals surface area contributed by atoms with Gasteiger partial charge in [-0.15, -0.1) is 0 Å². The first-order valence-electron chi connectivity index (χ1n) is 6.97. The third-order valence-corrected chi connectivity index (χ3v) is 4.57. The van der Waals surface area contributed by atoms with Gasteiger partial charge in [-0.3, -0.25) is 0 Å². The Hall–Kier alpha value is -0.770. The van der Waals surface area contributed by atoms with Gasteiger partial charge in [0.05, 0.1) is 0 Å². The number of hydrogen-bond acceptors (Lipinski definition) is 2. The average molecular weight is 239 g/mol. The van der Waals surface area contributed by atoms with Crippen molar-refractivity contribution < 1.29 is 4.79 Å². The first-order valence-corrected chi connectivity index (χ1v) is 6.97. The zero-order chi connectivity index (χ0) is 12.1. The predicted molar refractivity (Wildman–Crippen MR) is 68.7 cm³/mol. The van der Waals surface area contributed by atoms with E-state index in [1.54, 1.807) is 0 Å². The van der Waals surface area contributed by atoms with Crippen LogP contribution < -0.4 is 16.4 Å². The zero-order valence-electron chi connectivity index (χ0n) is 10.6. The van der Waals surface area contributed by atoms with E-state index in [4.69, 9.17) is 5.73 Å². The topological polar surface area (TPSA) is 67.2 Å². The maximum atomic E-state index is 10.5. The molecule has 2 amide bonds. The van der Waals surface area contributed by atoms with E-state index >= 15 is 0 Å². The number of nitrogens with two attached hydrogens (primary N) is 1. The van der Waals surface area contributed by atoms with Gasteiger partial charge in [-0.25, -0.2) is 4.79 Å². The van der Waals surface area contributed by atoms with Crippen molar-refractivity contribution in [1.29, 1.82) is 0 Å². The van der Waals surface area contributed by atoms with Gasteiger partial charge >= 0.3 is 6.03 Å². The van der Waals surface area contributed by atoms with Gasteiger partial charge in [0.1, 0.15) is 0 Å². The molecule has 0 bridgehead atoms. The number of hydrogen-bond donors (Lipinski definition) is 3. The van der Waals surface area contributed by atoms with Gasteiger partial charge in [-0.05, 0) is 43.9 Å². The summed E-state index contributed by atoms with van der Waals surface area (Å²) in [6, 6.07) is 0.219. The lowest BCUT2D eigenvalue weighted by molar-refractivity contribution is 0.169. The van der Waals surface area contributed by atoms with Crippen molar-refractivity contribution in [3.8, 4) is 0 Å². The molecule has 0 aromatic heterocycles. The standard InChI is InChI=1S/C13H25N3O/c14-12(17)16-10-9-15-11-3-7-13(8-4-11)5-1-2-6-13/h11,15H,1-10H2,(H3,14,16,17). The van der Waals surface area contributed by atoms with Crippen molar-refractivity contribution in [1.82, 2.24) is 10.6 Å². The van der Waals surface area contributed by atoms with Gasteiger partial charge in [0.25, 0.3) is 0 Å². The molecular formula is C13H25N3O. The molecule has 2 aliphatic rings. The van der Waals surface area contributed by atoms with Gasteiger partial charge in [-0.1, -0.05) is 12.8 Å². The molecule has 0 atom stereocenters. The van der Waals surface area contributed by atoms with Crippen molar-refractivity contribution in [3.05, 3.63) is 0 Å². The van der Waals surface area contributed by atoms with Crippen molar-refractivity contribution in [2.24, 2.45) is 11.1 Å². The number of nitrogens with one attached hydrogen (secondary N) is 2. The molecule has 4 N–H and O–H groups in total. The maximum absolute atomic E-state index is 10.5. The molecule has 2 aliphatic carbocycles. The highest BCUT2D eigenvalue weighted by Gasteiger charge is 2.37. The highest BCUT2D eigenvalue weighted by molar-refractivity contribution is 5.71. The number of amides is 2. The highest BCUT2D eigenvalue weighted by Crippen LogP contribution is 2.48. The number of rotatable bonds is 4. The molecular weight excluding hydrogens is 214 g/mol. The second-order valence-corrected chi connectivity index (χ2v) is 5.73. The summed E-state index contributed by atoms with van der Waals surface area (Å²) in [6.45, 7) is 1.47. The van der Waals surface area contributed by atoms with Gasteiger partial charge < -0.3 is 16.4 Å². The molecule has 2 saturated carbocycles. The van der Waals surface area contributed by atoms with Gasteiger partial charge in [-0.2, -0.15) is 0 Å². The second kappa shape index (κ2) is 5.71. The van der Waals surface area contributed by atoms with Gasteiger partial charge in [0, 0.05) is 19.1 Å². The van der Waals surface area contributed by atoms with Crippen molar-refractivity contribution >= 4 is 6.03 Å². The Morgan fingerprint density at radius 1 is 1.12 bits per heavy atom. The van der Waals surface area contributed by atoms with Crippen LogP contribution in [0.4, 0.5) is 4.79 Å². The predicted octanol–water partition coefficient (Wildman–Crippen LogP) is 1.75. The smallest absolute Gasteiger partial charge is 0.312 e. The zero-order valence-corrected chi connectivity index (χ0v) is 10.6.